The normalized spacial score (nSPS) is 11.4. The quantitative estimate of drug-likeness (QED) is 0.752. The SMILES string of the molecule is COc1cc(NC(=O)Nc2ccc(Cl)c(S(=O)(=O)C(F)(F)F)c2)ccc1C#N. The molecular formula is C16H11ClF3N3O4S. The molecule has 0 aliphatic carbocycles. The van der Waals surface area contributed by atoms with Crippen LogP contribution < -0.4 is 15.4 Å². The lowest BCUT2D eigenvalue weighted by atomic mass is 10.2. The Hall–Kier alpha value is -2.97. The number of nitriles is 1. The standard InChI is InChI=1S/C16H11ClF3N3O4S/c1-27-13-6-10(3-2-9(13)8-21)22-15(24)23-11-4-5-12(17)14(7-11)28(25,26)16(18,19)20/h2-7H,1H3,(H2,22,23,24). The second-order valence-electron chi connectivity index (χ2n) is 5.20. The molecule has 7 nitrogen and oxygen atoms in total. The zero-order valence-corrected chi connectivity index (χ0v) is 15.5. The third kappa shape index (κ3) is 4.47. The van der Waals surface area contributed by atoms with Crippen LogP contribution in [0, 0.1) is 11.3 Å². The van der Waals surface area contributed by atoms with Crippen LogP contribution in [-0.4, -0.2) is 27.1 Å². The number of carbonyl (C=O) groups is 1. The summed E-state index contributed by atoms with van der Waals surface area (Å²) >= 11 is 5.57. The van der Waals surface area contributed by atoms with Crippen LogP contribution in [0.4, 0.5) is 29.3 Å². The van der Waals surface area contributed by atoms with Crippen LogP contribution in [0.1, 0.15) is 5.56 Å². The fraction of sp³-hybridized carbons (Fsp3) is 0.125. The molecule has 0 saturated carbocycles. The van der Waals surface area contributed by atoms with E-state index in [2.05, 4.69) is 10.6 Å². The van der Waals surface area contributed by atoms with Gasteiger partial charge >= 0.3 is 11.5 Å². The van der Waals surface area contributed by atoms with Crippen molar-refractivity contribution in [2.45, 2.75) is 10.4 Å². The first-order chi connectivity index (χ1) is 13.0. The van der Waals surface area contributed by atoms with Crippen molar-refractivity contribution in [1.82, 2.24) is 0 Å². The lowest BCUT2D eigenvalue weighted by Gasteiger charge is -2.13. The van der Waals surface area contributed by atoms with Crippen LogP contribution in [0.3, 0.4) is 0 Å². The predicted octanol–water partition coefficient (Wildman–Crippen LogP) is 4.16. The molecule has 2 aromatic carbocycles. The van der Waals surface area contributed by atoms with E-state index in [1.54, 1.807) is 0 Å². The number of alkyl halides is 3. The van der Waals surface area contributed by atoms with E-state index >= 15 is 0 Å². The number of urea groups is 1. The molecule has 148 valence electrons. The first kappa shape index (κ1) is 21.3. The maximum atomic E-state index is 12.7. The fourth-order valence-electron chi connectivity index (χ4n) is 2.07. The molecule has 0 bridgehead atoms. The second kappa shape index (κ2) is 7.95. The van der Waals surface area contributed by atoms with Crippen molar-refractivity contribution in [3.05, 3.63) is 47.0 Å². The summed E-state index contributed by atoms with van der Waals surface area (Å²) in [5, 5.41) is 12.9. The summed E-state index contributed by atoms with van der Waals surface area (Å²) in [6.07, 6.45) is 0. The van der Waals surface area contributed by atoms with E-state index in [0.717, 1.165) is 12.1 Å². The average Bonchev–Trinajstić information content (AvgIpc) is 2.62. The molecule has 0 unspecified atom stereocenters. The highest BCUT2D eigenvalue weighted by molar-refractivity contribution is 7.92. The Kier molecular flexibility index (Phi) is 6.06. The molecular weight excluding hydrogens is 423 g/mol. The van der Waals surface area contributed by atoms with Gasteiger partial charge < -0.3 is 15.4 Å². The number of halogens is 4. The van der Waals surface area contributed by atoms with E-state index in [1.807, 2.05) is 6.07 Å². The van der Waals surface area contributed by atoms with Gasteiger partial charge in [-0.1, -0.05) is 11.6 Å². The molecule has 0 radical (unpaired) electrons. The van der Waals surface area contributed by atoms with Crippen molar-refractivity contribution in [3.63, 3.8) is 0 Å². The lowest BCUT2D eigenvalue weighted by Crippen LogP contribution is -2.24. The van der Waals surface area contributed by atoms with Crippen molar-refractivity contribution >= 4 is 38.8 Å². The molecule has 0 spiro atoms. The minimum absolute atomic E-state index is 0.199. The number of hydrogen-bond acceptors (Lipinski definition) is 5. The number of anilines is 2. The molecule has 2 N–H and O–H groups in total. The van der Waals surface area contributed by atoms with Gasteiger partial charge in [-0.2, -0.15) is 18.4 Å². The average molecular weight is 434 g/mol. The Bertz CT molecular complexity index is 1070. The van der Waals surface area contributed by atoms with Crippen LogP contribution in [-0.2, 0) is 9.84 Å². The third-order valence-electron chi connectivity index (χ3n) is 3.36. The topological polar surface area (TPSA) is 108 Å². The summed E-state index contributed by atoms with van der Waals surface area (Å²) < 4.78 is 66.3. The minimum Gasteiger partial charge on any atom is -0.495 e. The predicted molar refractivity (Wildman–Crippen MR) is 95.0 cm³/mol. The van der Waals surface area contributed by atoms with Crippen LogP contribution in [0.25, 0.3) is 0 Å². The summed E-state index contributed by atoms with van der Waals surface area (Å²) in [6, 6.07) is 7.83. The molecule has 12 heteroatoms. The number of sulfone groups is 1. The van der Waals surface area contributed by atoms with Crippen molar-refractivity contribution in [2.75, 3.05) is 17.7 Å². The first-order valence-electron chi connectivity index (χ1n) is 7.26. The number of amides is 2. The lowest BCUT2D eigenvalue weighted by molar-refractivity contribution is -0.0435. The van der Waals surface area contributed by atoms with Gasteiger partial charge in [-0.25, -0.2) is 13.2 Å². The van der Waals surface area contributed by atoms with Crippen LogP contribution in [0.5, 0.6) is 5.75 Å². The Morgan fingerprint density at radius 2 is 1.71 bits per heavy atom. The number of ether oxygens (including phenoxy) is 1. The number of benzene rings is 2. The number of methoxy groups -OCH3 is 1. The highest BCUT2D eigenvalue weighted by Crippen LogP contribution is 2.35. The molecule has 0 heterocycles. The van der Waals surface area contributed by atoms with Gasteiger partial charge in [0.25, 0.3) is 9.84 Å². The van der Waals surface area contributed by atoms with E-state index < -0.39 is 31.3 Å². The maximum absolute atomic E-state index is 12.7. The van der Waals surface area contributed by atoms with Crippen molar-refractivity contribution in [2.24, 2.45) is 0 Å². The number of carbonyl (C=O) groups excluding carboxylic acids is 1. The first-order valence-corrected chi connectivity index (χ1v) is 9.12. The van der Waals surface area contributed by atoms with E-state index in [0.29, 0.717) is 6.07 Å². The van der Waals surface area contributed by atoms with E-state index in [9.17, 15) is 26.4 Å². The summed E-state index contributed by atoms with van der Waals surface area (Å²) in [5.41, 5.74) is -5.32. The van der Waals surface area contributed by atoms with E-state index in [1.165, 1.54) is 25.3 Å². The summed E-state index contributed by atoms with van der Waals surface area (Å²) in [6.45, 7) is 0. The minimum atomic E-state index is -5.69. The van der Waals surface area contributed by atoms with Gasteiger partial charge in [-0.3, -0.25) is 0 Å². The number of nitrogens with zero attached hydrogens (tertiary/aromatic N) is 1. The van der Waals surface area contributed by atoms with Gasteiger partial charge in [0.1, 0.15) is 11.8 Å². The fourth-order valence-corrected chi connectivity index (χ4v) is 3.35. The third-order valence-corrected chi connectivity index (χ3v) is 5.33. The summed E-state index contributed by atoms with van der Waals surface area (Å²) in [5.74, 6) is 0.199. The van der Waals surface area contributed by atoms with Gasteiger partial charge in [-0.15, -0.1) is 0 Å². The molecule has 0 aliphatic heterocycles. The van der Waals surface area contributed by atoms with E-state index in [-0.39, 0.29) is 22.7 Å². The molecule has 0 atom stereocenters. The number of hydrogen-bond donors (Lipinski definition) is 2. The van der Waals surface area contributed by atoms with Gasteiger partial charge in [0.05, 0.1) is 22.6 Å². The molecule has 2 aromatic rings. The Morgan fingerprint density at radius 1 is 1.14 bits per heavy atom. The van der Waals surface area contributed by atoms with Crippen LogP contribution >= 0.6 is 11.6 Å². The summed E-state index contributed by atoms with van der Waals surface area (Å²) in [4.78, 5) is 10.9. The molecule has 0 aliphatic rings. The zero-order valence-electron chi connectivity index (χ0n) is 14.0. The second-order valence-corrected chi connectivity index (χ2v) is 7.52. The molecule has 2 amide bonds. The Labute approximate surface area is 162 Å². The summed E-state index contributed by atoms with van der Waals surface area (Å²) in [7, 11) is -4.36. The van der Waals surface area contributed by atoms with Crippen molar-refractivity contribution < 1.29 is 31.1 Å². The Balaban J connectivity index is 2.24. The number of nitrogens with one attached hydrogen (secondary N) is 2. The van der Waals surface area contributed by atoms with Gasteiger partial charge in [0.2, 0.25) is 0 Å². The highest BCUT2D eigenvalue weighted by atomic mass is 35.5. The van der Waals surface area contributed by atoms with Gasteiger partial charge in [0, 0.05) is 17.4 Å². The van der Waals surface area contributed by atoms with Crippen LogP contribution in [0.15, 0.2) is 41.3 Å². The molecule has 0 aromatic heterocycles. The molecule has 28 heavy (non-hydrogen) atoms. The molecule has 0 fully saturated rings. The molecule has 2 rings (SSSR count). The highest BCUT2D eigenvalue weighted by Gasteiger charge is 2.48. The number of rotatable bonds is 4. The zero-order chi connectivity index (χ0) is 21.1. The van der Waals surface area contributed by atoms with Gasteiger partial charge in [-0.05, 0) is 30.3 Å². The van der Waals surface area contributed by atoms with Crippen LogP contribution in [0.2, 0.25) is 5.02 Å². The van der Waals surface area contributed by atoms with Crippen molar-refractivity contribution in [1.29, 1.82) is 5.26 Å². The van der Waals surface area contributed by atoms with E-state index in [4.69, 9.17) is 21.6 Å². The largest absolute Gasteiger partial charge is 0.501 e. The molecule has 0 saturated heterocycles. The van der Waals surface area contributed by atoms with Crippen molar-refractivity contribution in [3.8, 4) is 11.8 Å². The monoisotopic (exact) mass is 433 g/mol. The Morgan fingerprint density at radius 3 is 2.25 bits per heavy atom. The smallest absolute Gasteiger partial charge is 0.495 e. The van der Waals surface area contributed by atoms with Gasteiger partial charge in [0.15, 0.2) is 0 Å². The maximum Gasteiger partial charge on any atom is 0.501 e.